The topological polar surface area (TPSA) is 21.3 Å². The Balaban J connectivity index is 2.58. The molecule has 3 heteroatoms. The van der Waals surface area contributed by atoms with Crippen LogP contribution in [0, 0.1) is 5.82 Å². The molecule has 15 heavy (non-hydrogen) atoms. The van der Waals surface area contributed by atoms with Gasteiger partial charge in [-0.2, -0.15) is 0 Å². The molecule has 84 valence electrons. The van der Waals surface area contributed by atoms with E-state index in [1.807, 2.05) is 0 Å². The highest BCUT2D eigenvalue weighted by molar-refractivity contribution is 5.34. The van der Waals surface area contributed by atoms with Gasteiger partial charge in [0.05, 0.1) is 7.11 Å². The highest BCUT2D eigenvalue weighted by atomic mass is 19.1. The molecule has 0 saturated carbocycles. The molecule has 0 radical (unpaired) electrons. The summed E-state index contributed by atoms with van der Waals surface area (Å²) >= 11 is 0. The van der Waals surface area contributed by atoms with E-state index in [9.17, 15) is 4.39 Å². The first kappa shape index (κ1) is 12.0. The lowest BCUT2D eigenvalue weighted by atomic mass is 10.2. The Bertz CT molecular complexity index is 302. The molecule has 1 aromatic rings. The molecule has 0 aliphatic heterocycles. The Hall–Kier alpha value is -1.09. The van der Waals surface area contributed by atoms with Gasteiger partial charge in [0.25, 0.3) is 0 Å². The van der Waals surface area contributed by atoms with E-state index in [1.54, 1.807) is 19.2 Å². The van der Waals surface area contributed by atoms with Crippen molar-refractivity contribution in [3.8, 4) is 5.75 Å². The molecule has 0 aromatic heterocycles. The number of methoxy groups -OCH3 is 1. The van der Waals surface area contributed by atoms with Gasteiger partial charge in [-0.1, -0.05) is 19.4 Å². The smallest absolute Gasteiger partial charge is 0.131 e. The monoisotopic (exact) mass is 211 g/mol. The average molecular weight is 211 g/mol. The first-order valence-corrected chi connectivity index (χ1v) is 5.31. The second-order valence-corrected chi connectivity index (χ2v) is 3.45. The third-order valence-corrected chi connectivity index (χ3v) is 2.30. The van der Waals surface area contributed by atoms with Crippen LogP contribution in [-0.4, -0.2) is 13.7 Å². The summed E-state index contributed by atoms with van der Waals surface area (Å²) in [5, 5.41) is 3.20. The van der Waals surface area contributed by atoms with Crippen molar-refractivity contribution in [2.24, 2.45) is 0 Å². The molecule has 0 heterocycles. The van der Waals surface area contributed by atoms with Crippen molar-refractivity contribution < 1.29 is 9.13 Å². The Labute approximate surface area is 90.4 Å². The van der Waals surface area contributed by atoms with E-state index in [-0.39, 0.29) is 5.82 Å². The summed E-state index contributed by atoms with van der Waals surface area (Å²) in [6.45, 7) is 3.56. The predicted octanol–water partition coefficient (Wildman–Crippen LogP) is 2.72. The molecule has 0 fully saturated rings. The van der Waals surface area contributed by atoms with Crippen LogP contribution in [0.4, 0.5) is 4.39 Å². The summed E-state index contributed by atoms with van der Waals surface area (Å²) < 4.78 is 18.5. The van der Waals surface area contributed by atoms with Crippen LogP contribution < -0.4 is 10.1 Å². The maximum Gasteiger partial charge on any atom is 0.131 e. The zero-order chi connectivity index (χ0) is 11.1. The van der Waals surface area contributed by atoms with Gasteiger partial charge in [0.15, 0.2) is 0 Å². The molecule has 0 atom stereocenters. The molecule has 0 aliphatic rings. The molecule has 1 rings (SSSR count). The Morgan fingerprint density at radius 3 is 2.87 bits per heavy atom. The Kier molecular flexibility index (Phi) is 5.12. The molecule has 0 saturated heterocycles. The SMILES string of the molecule is CCCCNCc1c(F)cccc1OC. The van der Waals surface area contributed by atoms with Gasteiger partial charge in [-0.25, -0.2) is 4.39 Å². The normalized spacial score (nSPS) is 10.3. The number of halogens is 1. The number of nitrogens with one attached hydrogen (secondary N) is 1. The second-order valence-electron chi connectivity index (χ2n) is 3.45. The molecule has 1 N–H and O–H groups in total. The van der Waals surface area contributed by atoms with Crippen LogP contribution in [0.25, 0.3) is 0 Å². The highest BCUT2D eigenvalue weighted by Gasteiger charge is 2.07. The lowest BCUT2D eigenvalue weighted by Gasteiger charge is -2.10. The molecule has 0 spiro atoms. The van der Waals surface area contributed by atoms with Gasteiger partial charge in [-0.3, -0.25) is 0 Å². The van der Waals surface area contributed by atoms with Gasteiger partial charge in [-0.05, 0) is 25.1 Å². The molecule has 1 aromatic carbocycles. The predicted molar refractivity (Wildman–Crippen MR) is 59.6 cm³/mol. The minimum Gasteiger partial charge on any atom is -0.496 e. The van der Waals surface area contributed by atoms with Crippen LogP contribution >= 0.6 is 0 Å². The fourth-order valence-electron chi connectivity index (χ4n) is 1.42. The quantitative estimate of drug-likeness (QED) is 0.730. The van der Waals surface area contributed by atoms with Crippen LogP contribution in [0.5, 0.6) is 5.75 Å². The summed E-state index contributed by atoms with van der Waals surface area (Å²) in [7, 11) is 1.56. The highest BCUT2D eigenvalue weighted by Crippen LogP contribution is 2.20. The third-order valence-electron chi connectivity index (χ3n) is 2.30. The largest absolute Gasteiger partial charge is 0.496 e. The zero-order valence-corrected chi connectivity index (χ0v) is 9.35. The molecule has 2 nitrogen and oxygen atoms in total. The van der Waals surface area contributed by atoms with Crippen molar-refractivity contribution in [1.82, 2.24) is 5.32 Å². The van der Waals surface area contributed by atoms with Gasteiger partial charge in [0.1, 0.15) is 11.6 Å². The van der Waals surface area contributed by atoms with Crippen LogP contribution in [0.1, 0.15) is 25.3 Å². The maximum absolute atomic E-state index is 13.4. The number of unbranched alkanes of at least 4 members (excludes halogenated alkanes) is 1. The number of benzene rings is 1. The maximum atomic E-state index is 13.4. The van der Waals surface area contributed by atoms with Gasteiger partial charge in [-0.15, -0.1) is 0 Å². The molecule has 0 amide bonds. The van der Waals surface area contributed by atoms with Crippen molar-refractivity contribution >= 4 is 0 Å². The molecule has 0 bridgehead atoms. The van der Waals surface area contributed by atoms with E-state index in [0.717, 1.165) is 19.4 Å². The number of hydrogen-bond acceptors (Lipinski definition) is 2. The lowest BCUT2D eigenvalue weighted by molar-refractivity contribution is 0.401. The fourth-order valence-corrected chi connectivity index (χ4v) is 1.42. The molecule has 0 aliphatic carbocycles. The van der Waals surface area contributed by atoms with E-state index >= 15 is 0 Å². The number of hydrogen-bond donors (Lipinski definition) is 1. The van der Waals surface area contributed by atoms with E-state index in [2.05, 4.69) is 12.2 Å². The Morgan fingerprint density at radius 1 is 1.40 bits per heavy atom. The van der Waals surface area contributed by atoms with Crippen molar-refractivity contribution in [1.29, 1.82) is 0 Å². The van der Waals surface area contributed by atoms with Crippen LogP contribution in [0.15, 0.2) is 18.2 Å². The third kappa shape index (κ3) is 3.51. The van der Waals surface area contributed by atoms with Crippen molar-refractivity contribution in [3.63, 3.8) is 0 Å². The molecule has 0 unspecified atom stereocenters. The minimum atomic E-state index is -0.210. The van der Waals surface area contributed by atoms with E-state index in [1.165, 1.54) is 6.07 Å². The van der Waals surface area contributed by atoms with E-state index in [0.29, 0.717) is 17.9 Å². The molecular weight excluding hydrogens is 193 g/mol. The average Bonchev–Trinajstić information content (AvgIpc) is 2.26. The van der Waals surface area contributed by atoms with Crippen molar-refractivity contribution in [2.75, 3.05) is 13.7 Å². The first-order chi connectivity index (χ1) is 7.29. The summed E-state index contributed by atoms with van der Waals surface area (Å²) in [6, 6.07) is 4.89. The van der Waals surface area contributed by atoms with Gasteiger partial charge >= 0.3 is 0 Å². The van der Waals surface area contributed by atoms with Crippen molar-refractivity contribution in [3.05, 3.63) is 29.6 Å². The van der Waals surface area contributed by atoms with Crippen LogP contribution in [0.2, 0.25) is 0 Å². The number of ether oxygens (including phenoxy) is 1. The zero-order valence-electron chi connectivity index (χ0n) is 9.35. The Morgan fingerprint density at radius 2 is 2.20 bits per heavy atom. The number of rotatable bonds is 6. The first-order valence-electron chi connectivity index (χ1n) is 5.31. The van der Waals surface area contributed by atoms with Crippen molar-refractivity contribution in [2.45, 2.75) is 26.3 Å². The second kappa shape index (κ2) is 6.40. The standard InChI is InChI=1S/C12H18FNO/c1-3-4-8-14-9-10-11(13)6-5-7-12(10)15-2/h5-7,14H,3-4,8-9H2,1-2H3. The van der Waals surface area contributed by atoms with Gasteiger partial charge < -0.3 is 10.1 Å². The molecular formula is C12H18FNO. The van der Waals surface area contributed by atoms with Crippen LogP contribution in [-0.2, 0) is 6.54 Å². The lowest BCUT2D eigenvalue weighted by Crippen LogP contribution is -2.16. The summed E-state index contributed by atoms with van der Waals surface area (Å²) in [4.78, 5) is 0. The summed E-state index contributed by atoms with van der Waals surface area (Å²) in [6.07, 6.45) is 2.25. The van der Waals surface area contributed by atoms with Gasteiger partial charge in [0, 0.05) is 12.1 Å². The summed E-state index contributed by atoms with van der Waals surface area (Å²) in [5.74, 6) is 0.400. The van der Waals surface area contributed by atoms with Crippen LogP contribution in [0.3, 0.4) is 0 Å². The van der Waals surface area contributed by atoms with E-state index in [4.69, 9.17) is 4.74 Å². The van der Waals surface area contributed by atoms with Gasteiger partial charge in [0.2, 0.25) is 0 Å². The summed E-state index contributed by atoms with van der Waals surface area (Å²) in [5.41, 5.74) is 0.608. The minimum absolute atomic E-state index is 0.210. The van der Waals surface area contributed by atoms with E-state index < -0.39 is 0 Å². The fraction of sp³-hybridized carbons (Fsp3) is 0.500.